The summed E-state index contributed by atoms with van der Waals surface area (Å²) >= 11 is 0. The van der Waals surface area contributed by atoms with Crippen LogP contribution in [0.1, 0.15) is 18.4 Å². The monoisotopic (exact) mass is 399 g/mol. The number of nitrogens with zero attached hydrogens (tertiary/aromatic N) is 2. The van der Waals surface area contributed by atoms with Crippen molar-refractivity contribution in [1.29, 1.82) is 0 Å². The van der Waals surface area contributed by atoms with E-state index in [0.29, 0.717) is 5.82 Å². The van der Waals surface area contributed by atoms with Crippen LogP contribution in [0.25, 0.3) is 11.1 Å². The van der Waals surface area contributed by atoms with Gasteiger partial charge in [-0.05, 0) is 65.8 Å². The molecule has 0 bridgehead atoms. The number of aldehydes is 1. The lowest BCUT2D eigenvalue weighted by Crippen LogP contribution is -2.48. The summed E-state index contributed by atoms with van der Waals surface area (Å²) in [7, 11) is 1.88. The highest BCUT2D eigenvalue weighted by molar-refractivity contribution is 5.73. The van der Waals surface area contributed by atoms with E-state index in [1.807, 2.05) is 66.5 Å². The van der Waals surface area contributed by atoms with Crippen molar-refractivity contribution in [3.8, 4) is 16.9 Å². The lowest BCUT2D eigenvalue weighted by Gasteiger charge is -2.35. The molecule has 0 radical (unpaired) electrons. The Kier molecular flexibility index (Phi) is 5.27. The first-order valence-corrected chi connectivity index (χ1v) is 10.0. The van der Waals surface area contributed by atoms with Gasteiger partial charge in [0.2, 0.25) is 0 Å². The second-order valence-corrected chi connectivity index (χ2v) is 7.71. The molecule has 5 nitrogen and oxygen atoms in total. The Hall–Kier alpha value is -3.60. The van der Waals surface area contributed by atoms with Gasteiger partial charge in [0, 0.05) is 13.2 Å². The molecule has 1 fully saturated rings. The Morgan fingerprint density at radius 2 is 1.87 bits per heavy atom. The van der Waals surface area contributed by atoms with Crippen LogP contribution in [0.5, 0.6) is 5.75 Å². The Bertz CT molecular complexity index is 1060. The van der Waals surface area contributed by atoms with Crippen molar-refractivity contribution >= 4 is 12.1 Å². The molecule has 0 aliphatic heterocycles. The van der Waals surface area contributed by atoms with Gasteiger partial charge in [0.1, 0.15) is 29.2 Å². The van der Waals surface area contributed by atoms with Gasteiger partial charge in [-0.15, -0.1) is 0 Å². The number of carbonyl (C=O) groups excluding carboxylic acids is 1. The third-order valence-electron chi connectivity index (χ3n) is 5.68. The number of aromatic nitrogens is 1. The fourth-order valence-corrected chi connectivity index (χ4v) is 3.80. The molecule has 0 spiro atoms. The van der Waals surface area contributed by atoms with Gasteiger partial charge in [-0.3, -0.25) is 0 Å². The van der Waals surface area contributed by atoms with Crippen LogP contribution in [-0.4, -0.2) is 23.4 Å². The number of carbonyl (C=O) groups is 1. The van der Waals surface area contributed by atoms with Gasteiger partial charge < -0.3 is 20.1 Å². The predicted molar refractivity (Wildman–Crippen MR) is 119 cm³/mol. The van der Waals surface area contributed by atoms with Crippen molar-refractivity contribution in [2.45, 2.75) is 18.4 Å². The molecule has 2 N–H and O–H groups in total. The molecule has 0 saturated heterocycles. The van der Waals surface area contributed by atoms with Crippen molar-refractivity contribution in [2.24, 2.45) is 5.92 Å². The average Bonchev–Trinajstić information content (AvgIpc) is 3.63. The molecule has 5 heteroatoms. The van der Waals surface area contributed by atoms with Crippen molar-refractivity contribution in [1.82, 2.24) is 10.3 Å². The summed E-state index contributed by atoms with van der Waals surface area (Å²) in [6.07, 6.45) is 4.68. The quantitative estimate of drug-likeness (QED) is 0.548. The zero-order valence-electron chi connectivity index (χ0n) is 17.0. The van der Waals surface area contributed by atoms with E-state index in [9.17, 15) is 9.90 Å². The summed E-state index contributed by atoms with van der Waals surface area (Å²) in [6.45, 7) is 4.17. The number of benzene rings is 2. The number of pyridine rings is 1. The van der Waals surface area contributed by atoms with Crippen LogP contribution in [-0.2, 0) is 10.3 Å². The fraction of sp³-hybridized carbons (Fsp3) is 0.200. The molecule has 0 amide bonds. The van der Waals surface area contributed by atoms with Crippen LogP contribution in [0.2, 0.25) is 0 Å². The van der Waals surface area contributed by atoms with Gasteiger partial charge in [0.15, 0.2) is 0 Å². The largest absolute Gasteiger partial charge is 0.508 e. The number of anilines is 1. The van der Waals surface area contributed by atoms with Crippen molar-refractivity contribution in [2.75, 3.05) is 11.9 Å². The number of hydrogen-bond donors (Lipinski definition) is 2. The Morgan fingerprint density at radius 1 is 1.13 bits per heavy atom. The van der Waals surface area contributed by atoms with Crippen molar-refractivity contribution < 1.29 is 9.90 Å². The van der Waals surface area contributed by atoms with E-state index in [2.05, 4.69) is 16.9 Å². The molecule has 1 aliphatic rings. The topological polar surface area (TPSA) is 65.5 Å². The lowest BCUT2D eigenvalue weighted by molar-refractivity contribution is -0.114. The fourth-order valence-electron chi connectivity index (χ4n) is 3.80. The maximum atomic E-state index is 12.5. The minimum atomic E-state index is -0.868. The van der Waals surface area contributed by atoms with Crippen LogP contribution in [0.4, 0.5) is 5.82 Å². The number of rotatable bonds is 8. The molecule has 1 aromatic heterocycles. The third kappa shape index (κ3) is 3.79. The summed E-state index contributed by atoms with van der Waals surface area (Å²) in [5.74, 6) is 1.77. The highest BCUT2D eigenvalue weighted by atomic mass is 16.3. The molecule has 152 valence electrons. The van der Waals surface area contributed by atoms with Crippen molar-refractivity contribution in [3.05, 3.63) is 90.9 Å². The minimum Gasteiger partial charge on any atom is -0.508 e. The summed E-state index contributed by atoms with van der Waals surface area (Å²) in [5, 5.41) is 13.3. The second kappa shape index (κ2) is 8.03. The molecule has 1 atom stereocenters. The molecule has 30 heavy (non-hydrogen) atoms. The first kappa shape index (κ1) is 19.7. The van der Waals surface area contributed by atoms with E-state index < -0.39 is 5.54 Å². The van der Waals surface area contributed by atoms with Crippen LogP contribution in [0, 0.1) is 5.92 Å². The maximum absolute atomic E-state index is 12.5. The van der Waals surface area contributed by atoms with Crippen molar-refractivity contribution in [3.63, 3.8) is 0 Å². The minimum absolute atomic E-state index is 0.198. The van der Waals surface area contributed by atoms with Gasteiger partial charge in [-0.25, -0.2) is 4.98 Å². The molecule has 1 aliphatic carbocycles. The molecular formula is C25H25N3O2. The van der Waals surface area contributed by atoms with Crippen LogP contribution in [0.15, 0.2) is 85.3 Å². The number of phenols is 1. The zero-order valence-corrected chi connectivity index (χ0v) is 17.0. The normalized spacial score (nSPS) is 15.1. The van der Waals surface area contributed by atoms with Gasteiger partial charge in [0.25, 0.3) is 0 Å². The van der Waals surface area contributed by atoms with E-state index in [0.717, 1.165) is 41.6 Å². The molecule has 2 aromatic carbocycles. The SMILES string of the molecule is C=C(NC(C=O)(c1cccc(-c2cccc(O)c2)c1)C1CC1)N(C)c1ccccn1. The number of aromatic hydroxyl groups is 1. The summed E-state index contributed by atoms with van der Waals surface area (Å²) in [5.41, 5.74) is 1.86. The van der Waals surface area contributed by atoms with Crippen LogP contribution < -0.4 is 10.2 Å². The summed E-state index contributed by atoms with van der Waals surface area (Å²) in [4.78, 5) is 18.7. The Morgan fingerprint density at radius 3 is 2.50 bits per heavy atom. The smallest absolute Gasteiger partial charge is 0.150 e. The van der Waals surface area contributed by atoms with E-state index in [1.165, 1.54) is 0 Å². The number of hydrogen-bond acceptors (Lipinski definition) is 5. The van der Waals surface area contributed by atoms with E-state index in [4.69, 9.17) is 0 Å². The second-order valence-electron chi connectivity index (χ2n) is 7.71. The number of nitrogens with one attached hydrogen (secondary N) is 1. The van der Waals surface area contributed by atoms with Gasteiger partial charge in [-0.2, -0.15) is 0 Å². The molecule has 1 heterocycles. The van der Waals surface area contributed by atoms with Crippen LogP contribution in [0.3, 0.4) is 0 Å². The number of phenolic OH excluding ortho intramolecular Hbond substituents is 1. The average molecular weight is 399 g/mol. The first-order valence-electron chi connectivity index (χ1n) is 10.0. The van der Waals surface area contributed by atoms with E-state index >= 15 is 0 Å². The summed E-state index contributed by atoms with van der Waals surface area (Å²) in [6, 6.07) is 20.7. The maximum Gasteiger partial charge on any atom is 0.150 e. The van der Waals surface area contributed by atoms with Gasteiger partial charge in [0.05, 0.1) is 0 Å². The zero-order chi connectivity index (χ0) is 21.1. The highest BCUT2D eigenvalue weighted by Crippen LogP contribution is 2.46. The lowest BCUT2D eigenvalue weighted by atomic mass is 9.84. The highest BCUT2D eigenvalue weighted by Gasteiger charge is 2.47. The summed E-state index contributed by atoms with van der Waals surface area (Å²) < 4.78 is 0. The molecule has 3 aromatic rings. The predicted octanol–water partition coefficient (Wildman–Crippen LogP) is 4.46. The Labute approximate surface area is 176 Å². The third-order valence-corrected chi connectivity index (χ3v) is 5.68. The molecule has 1 unspecified atom stereocenters. The van der Waals surface area contributed by atoms with E-state index in [1.54, 1.807) is 18.3 Å². The first-order chi connectivity index (χ1) is 14.5. The standard InChI is InChI=1S/C25H25N3O2/c1-18(28(2)24-11-3-4-14-26-24)27-25(17-29,21-12-13-21)22-9-5-7-19(15-22)20-8-6-10-23(30)16-20/h3-11,14-17,21,27,30H,1,12-13H2,2H3. The molecule has 4 rings (SSSR count). The molecule has 1 saturated carbocycles. The van der Waals surface area contributed by atoms with Gasteiger partial charge in [-0.1, -0.05) is 43.0 Å². The Balaban J connectivity index is 1.68. The van der Waals surface area contributed by atoms with E-state index in [-0.39, 0.29) is 11.7 Å². The molecular weight excluding hydrogens is 374 g/mol. The van der Waals surface area contributed by atoms with Gasteiger partial charge >= 0.3 is 0 Å². The van der Waals surface area contributed by atoms with Crippen LogP contribution >= 0.6 is 0 Å².